The van der Waals surface area contributed by atoms with Crippen LogP contribution in [0.1, 0.15) is 0 Å². The van der Waals surface area contributed by atoms with Crippen LogP contribution >= 0.6 is 0 Å². The van der Waals surface area contributed by atoms with E-state index in [9.17, 15) is 29.7 Å². The molecule has 3 heterocycles. The van der Waals surface area contributed by atoms with Crippen molar-refractivity contribution in [2.75, 3.05) is 19.8 Å². The summed E-state index contributed by atoms with van der Waals surface area (Å²) in [7, 11) is 0. The third kappa shape index (κ3) is 10.8. The molecule has 6 atom stereocenters. The summed E-state index contributed by atoms with van der Waals surface area (Å²) in [6.45, 7) is -2.10. The first-order chi connectivity index (χ1) is 16.7. The number of ether oxygens (including phenoxy) is 3. The van der Waals surface area contributed by atoms with Crippen LogP contribution in [0.15, 0.2) is 34.6 Å². The Labute approximate surface area is 284 Å². The standard InChI is InChI=1S/3C6H8O6.3Na/c3*7-1-2(8)5-3(9)4(10)6(11)12-5;;;/h3*2,5,7-10H,1H2;;;/q;;;3*+1/p-3/t3*2-,5+;;;/m000.../s1. The van der Waals surface area contributed by atoms with Crippen molar-refractivity contribution in [2.45, 2.75) is 36.6 Å². The van der Waals surface area contributed by atoms with Crippen LogP contribution in [0.4, 0.5) is 0 Å². The maximum Gasteiger partial charge on any atom is 1.00 e. The van der Waals surface area contributed by atoms with Gasteiger partial charge in [-0.3, -0.25) is 0 Å². The fourth-order valence-electron chi connectivity index (χ4n) is 2.44. The molecule has 3 aliphatic heterocycles. The van der Waals surface area contributed by atoms with E-state index in [0.29, 0.717) is 0 Å². The fourth-order valence-corrected chi connectivity index (χ4v) is 2.44. The first-order valence-electron chi connectivity index (χ1n) is 9.53. The largest absolute Gasteiger partial charge is 1.00 e. The van der Waals surface area contributed by atoms with Crippen LogP contribution in [0.2, 0.25) is 0 Å². The van der Waals surface area contributed by atoms with Crippen LogP contribution in [0.25, 0.3) is 0 Å². The Morgan fingerprint density at radius 2 is 0.718 bits per heavy atom. The molecular weight excluding hydrogens is 573 g/mol. The van der Waals surface area contributed by atoms with Gasteiger partial charge in [0.15, 0.2) is 18.3 Å². The fraction of sp³-hybridized carbons (Fsp3) is 0.500. The minimum atomic E-state index is -1.46. The first-order valence-corrected chi connectivity index (χ1v) is 9.53. The smallest absolute Gasteiger partial charge is 0.865 e. The number of cyclic esters (lactones) is 3. The van der Waals surface area contributed by atoms with Crippen molar-refractivity contribution in [3.8, 4) is 0 Å². The van der Waals surface area contributed by atoms with E-state index < -0.39 is 109 Å². The van der Waals surface area contributed by atoms with E-state index in [1.807, 2.05) is 0 Å². The molecule has 0 radical (unpaired) electrons. The van der Waals surface area contributed by atoms with E-state index in [0.717, 1.165) is 0 Å². The predicted octanol–water partition coefficient (Wildman–Crippen LogP) is -16.8. The maximum atomic E-state index is 10.6. The molecule has 39 heavy (non-hydrogen) atoms. The van der Waals surface area contributed by atoms with Gasteiger partial charge in [0.2, 0.25) is 0 Å². The summed E-state index contributed by atoms with van der Waals surface area (Å²) in [6.07, 6.45) is -8.64. The van der Waals surface area contributed by atoms with Crippen molar-refractivity contribution in [3.63, 3.8) is 0 Å². The maximum absolute atomic E-state index is 10.6. The Kier molecular flexibility index (Phi) is 21.1. The number of aliphatic hydroxyl groups is 9. The summed E-state index contributed by atoms with van der Waals surface area (Å²) < 4.78 is 12.8. The van der Waals surface area contributed by atoms with E-state index >= 15 is 0 Å². The van der Waals surface area contributed by atoms with Gasteiger partial charge in [-0.2, -0.15) is 0 Å². The Balaban J connectivity index is -0.000000480. The second kappa shape index (κ2) is 19.3. The van der Waals surface area contributed by atoms with Gasteiger partial charge in [0.1, 0.15) is 35.6 Å². The Hall–Kier alpha value is -0.810. The molecule has 21 heteroatoms. The van der Waals surface area contributed by atoms with E-state index in [-0.39, 0.29) is 88.7 Å². The van der Waals surface area contributed by atoms with Gasteiger partial charge < -0.3 is 75.5 Å². The van der Waals surface area contributed by atoms with Crippen LogP contribution in [-0.2, 0) is 28.6 Å². The van der Waals surface area contributed by atoms with Gasteiger partial charge in [-0.05, 0) is 0 Å². The van der Waals surface area contributed by atoms with E-state index in [4.69, 9.17) is 46.0 Å². The molecule has 9 N–H and O–H groups in total. The number of esters is 3. The molecule has 0 fully saturated rings. The summed E-state index contributed by atoms with van der Waals surface area (Å²) in [5, 5.41) is 110. The average Bonchev–Trinajstić information content (AvgIpc) is 3.40. The molecule has 0 amide bonds. The minimum Gasteiger partial charge on any atom is -0.865 e. The van der Waals surface area contributed by atoms with Gasteiger partial charge in [-0.25, -0.2) is 14.4 Å². The van der Waals surface area contributed by atoms with Crippen LogP contribution in [0.3, 0.4) is 0 Å². The van der Waals surface area contributed by atoms with Crippen LogP contribution in [0, 0.1) is 0 Å². The van der Waals surface area contributed by atoms with Crippen molar-refractivity contribution in [3.05, 3.63) is 34.6 Å². The molecule has 18 nitrogen and oxygen atoms in total. The number of carbonyl (C=O) groups is 3. The molecule has 3 aliphatic rings. The molecule has 0 unspecified atom stereocenters. The molecule has 0 saturated carbocycles. The van der Waals surface area contributed by atoms with Crippen molar-refractivity contribution < 1.29 is 179 Å². The van der Waals surface area contributed by atoms with Crippen LogP contribution in [0.5, 0.6) is 0 Å². The topological polar surface area (TPSA) is 330 Å². The molecular formula is C18H21Na3O18. The van der Waals surface area contributed by atoms with Crippen molar-refractivity contribution in [1.82, 2.24) is 0 Å². The molecule has 3 rings (SSSR count). The molecule has 0 saturated heterocycles. The van der Waals surface area contributed by atoms with Crippen molar-refractivity contribution in [2.24, 2.45) is 0 Å². The number of carbonyl (C=O) groups excluding carboxylic acids is 3. The van der Waals surface area contributed by atoms with Gasteiger partial charge in [0, 0.05) is 17.3 Å². The molecule has 0 aromatic heterocycles. The van der Waals surface area contributed by atoms with Gasteiger partial charge in [0.25, 0.3) is 0 Å². The number of rotatable bonds is 6. The van der Waals surface area contributed by atoms with E-state index in [1.54, 1.807) is 0 Å². The number of hydrogen-bond acceptors (Lipinski definition) is 18. The van der Waals surface area contributed by atoms with Crippen LogP contribution < -0.4 is 104 Å². The zero-order chi connectivity index (χ0) is 27.9. The summed E-state index contributed by atoms with van der Waals surface area (Å²) in [5.74, 6) is -9.75. The summed E-state index contributed by atoms with van der Waals surface area (Å²) >= 11 is 0. The molecule has 0 aromatic rings. The van der Waals surface area contributed by atoms with E-state index in [2.05, 4.69) is 14.2 Å². The normalized spacial score (nSPS) is 23.8. The average molecular weight is 594 g/mol. The van der Waals surface area contributed by atoms with E-state index in [1.165, 1.54) is 0 Å². The van der Waals surface area contributed by atoms with Gasteiger partial charge in [-0.1, -0.05) is 0 Å². The molecule has 204 valence electrons. The number of hydrogen-bond donors (Lipinski definition) is 9. The zero-order valence-electron chi connectivity index (χ0n) is 20.8. The molecule has 0 aliphatic carbocycles. The van der Waals surface area contributed by atoms with Gasteiger partial charge >= 0.3 is 107 Å². The molecule has 0 aromatic carbocycles. The predicted molar refractivity (Wildman–Crippen MR) is 97.9 cm³/mol. The Bertz CT molecular complexity index is 831. The third-order valence-electron chi connectivity index (χ3n) is 4.37. The van der Waals surface area contributed by atoms with Crippen molar-refractivity contribution in [1.29, 1.82) is 0 Å². The SMILES string of the molecule is O=C1O[C@H]([C@@H](O)CO)C(O)=C1[O-].O=C1O[C@H]([C@@H](O)CO)C(O)=C1[O-].O=C1O[C@H]([C@@H](O)CO)C(O)=C1[O-].[Na+].[Na+].[Na+]. The Morgan fingerprint density at radius 1 is 0.538 bits per heavy atom. The quantitative estimate of drug-likeness (QED) is 0.0782. The van der Waals surface area contributed by atoms with Crippen molar-refractivity contribution >= 4 is 17.9 Å². The van der Waals surface area contributed by atoms with Gasteiger partial charge in [-0.15, -0.1) is 0 Å². The molecule has 0 spiro atoms. The van der Waals surface area contributed by atoms with Crippen LogP contribution in [-0.4, -0.2) is 120 Å². The number of aliphatic hydroxyl groups excluding tert-OH is 9. The molecule has 0 bridgehead atoms. The third-order valence-corrected chi connectivity index (χ3v) is 4.37. The Morgan fingerprint density at radius 3 is 0.821 bits per heavy atom. The summed E-state index contributed by atoms with van der Waals surface area (Å²) in [4.78, 5) is 31.4. The zero-order valence-corrected chi connectivity index (χ0v) is 26.8. The monoisotopic (exact) mass is 594 g/mol. The second-order valence-corrected chi connectivity index (χ2v) is 6.87. The van der Waals surface area contributed by atoms with Gasteiger partial charge in [0.05, 0.1) is 19.8 Å². The minimum absolute atomic E-state index is 0. The second-order valence-electron chi connectivity index (χ2n) is 6.87. The summed E-state index contributed by atoms with van der Waals surface area (Å²) in [6, 6.07) is 0. The first kappa shape index (κ1) is 42.7. The summed E-state index contributed by atoms with van der Waals surface area (Å²) in [5.41, 5.74) is 0.